The molecule has 0 spiro atoms. The summed E-state index contributed by atoms with van der Waals surface area (Å²) in [5, 5.41) is 0.894. The number of rotatable bonds is 6. The van der Waals surface area contributed by atoms with Crippen molar-refractivity contribution in [2.75, 3.05) is 14.2 Å². The lowest BCUT2D eigenvalue weighted by atomic mass is 10.4. The van der Waals surface area contributed by atoms with Gasteiger partial charge in [-0.3, -0.25) is 0 Å². The van der Waals surface area contributed by atoms with Crippen LogP contribution in [0, 0.1) is 7.91 Å². The molecule has 0 aromatic carbocycles. The van der Waals surface area contributed by atoms with Crippen molar-refractivity contribution in [1.29, 1.82) is 0 Å². The number of hydrogen-bond donors (Lipinski definition) is 0. The summed E-state index contributed by atoms with van der Waals surface area (Å²) in [6.45, 7) is 5.78. The van der Waals surface area contributed by atoms with Crippen LogP contribution >= 0.6 is 63.0 Å². The van der Waals surface area contributed by atoms with E-state index in [4.69, 9.17) is 33.9 Å². The van der Waals surface area contributed by atoms with Crippen molar-refractivity contribution in [3.8, 4) is 0 Å². The second kappa shape index (κ2) is 8.64. The van der Waals surface area contributed by atoms with Crippen molar-refractivity contribution in [3.63, 3.8) is 0 Å². The Morgan fingerprint density at radius 3 is 1.50 bits per heavy atom. The van der Waals surface area contributed by atoms with Crippen LogP contribution in [0.2, 0.25) is 0 Å². The first-order valence-electron chi connectivity index (χ1n) is 9.39. The fraction of sp³-hybridized carbons (Fsp3) is 0.444. The molecule has 0 saturated carbocycles. The highest BCUT2D eigenvalue weighted by molar-refractivity contribution is 7.97. The number of aromatic nitrogens is 2. The minimum Gasteiger partial charge on any atom is -0.465 e. The lowest BCUT2D eigenvalue weighted by Crippen LogP contribution is -2.48. The number of hydrogen-bond acceptors (Lipinski definition) is 8. The Morgan fingerprint density at radius 2 is 1.20 bits per heavy atom. The van der Waals surface area contributed by atoms with Gasteiger partial charge in [-0.15, -0.1) is 22.7 Å². The first kappa shape index (κ1) is 22.4. The van der Waals surface area contributed by atoms with Crippen LogP contribution in [0.5, 0.6) is 0 Å². The molecule has 2 bridgehead atoms. The van der Waals surface area contributed by atoms with Crippen molar-refractivity contribution >= 4 is 95.0 Å². The van der Waals surface area contributed by atoms with Crippen LogP contribution in [0.1, 0.15) is 26.7 Å². The molecule has 2 aromatic heterocycles. The summed E-state index contributed by atoms with van der Waals surface area (Å²) < 4.78 is 18.4. The molecule has 0 radical (unpaired) electrons. The van der Waals surface area contributed by atoms with Crippen molar-refractivity contribution in [1.82, 2.24) is 9.13 Å². The standard InChI is InChI=1S/C18H20N2O4P2S4/c1-5-7-19-11-15(29-17(19)27)26-10(14(22)24-4)9(13(21)23-3)25(11)16-12(26)20(8-6-2)18(28)30-16/h5-8H2,1-4H3. The molecule has 0 aliphatic carbocycles. The average Bonchev–Trinajstić information content (AvgIpc) is 3.24. The number of esters is 2. The highest BCUT2D eigenvalue weighted by Crippen LogP contribution is 2.64. The van der Waals surface area contributed by atoms with Gasteiger partial charge in [-0.2, -0.15) is 0 Å². The molecule has 2 unspecified atom stereocenters. The Bertz CT molecular complexity index is 1110. The predicted molar refractivity (Wildman–Crippen MR) is 130 cm³/mol. The lowest BCUT2D eigenvalue weighted by molar-refractivity contribution is -0.138. The zero-order chi connectivity index (χ0) is 21.7. The number of thiazole rings is 2. The second-order valence-corrected chi connectivity index (χ2v) is 14.5. The molecule has 0 amide bonds. The molecular weight excluding hydrogens is 498 g/mol. The minimum atomic E-state index is -1.28. The number of carbonyl (C=O) groups is 2. The van der Waals surface area contributed by atoms with E-state index in [-0.39, 0.29) is 0 Å². The Morgan fingerprint density at radius 1 is 0.833 bits per heavy atom. The van der Waals surface area contributed by atoms with Gasteiger partial charge in [0.05, 0.1) is 45.0 Å². The molecule has 2 atom stereocenters. The van der Waals surface area contributed by atoms with Crippen LogP contribution in [-0.2, 0) is 32.2 Å². The number of ether oxygens (including phenoxy) is 2. The molecule has 0 N–H and O–H groups in total. The largest absolute Gasteiger partial charge is 0.465 e. The van der Waals surface area contributed by atoms with E-state index < -0.39 is 27.8 Å². The van der Waals surface area contributed by atoms with Crippen LogP contribution in [-0.4, -0.2) is 35.3 Å². The molecule has 160 valence electrons. The van der Waals surface area contributed by atoms with Crippen LogP contribution in [0.4, 0.5) is 0 Å². The summed E-state index contributed by atoms with van der Waals surface area (Å²) in [6.07, 6.45) is 1.86. The monoisotopic (exact) mass is 518 g/mol. The summed E-state index contributed by atoms with van der Waals surface area (Å²) in [5.74, 6) is -0.932. The zero-order valence-electron chi connectivity index (χ0n) is 16.9. The topological polar surface area (TPSA) is 62.5 Å². The van der Waals surface area contributed by atoms with Gasteiger partial charge >= 0.3 is 11.9 Å². The van der Waals surface area contributed by atoms with Crippen LogP contribution < -0.4 is 20.1 Å². The molecule has 5 heterocycles. The quantitative estimate of drug-likeness (QED) is 0.332. The molecule has 30 heavy (non-hydrogen) atoms. The summed E-state index contributed by atoms with van der Waals surface area (Å²) in [7, 11) is 0.150. The SMILES string of the molecule is CCCn1c2c(sc1=S)P1C(C(=O)OC)=C(C(=O)OC)P2c2sc(=S)n(CCC)c21. The fourth-order valence-electron chi connectivity index (χ4n) is 3.72. The molecule has 0 fully saturated rings. The maximum absolute atomic E-state index is 13.0. The third kappa shape index (κ3) is 3.14. The van der Waals surface area contributed by atoms with Gasteiger partial charge in [-0.05, 0) is 37.3 Å². The Balaban J connectivity index is 2.12. The number of nitrogens with zero attached hydrogens (tertiary/aromatic N) is 2. The van der Waals surface area contributed by atoms with Gasteiger partial charge in [0.1, 0.15) is 0 Å². The van der Waals surface area contributed by atoms with Gasteiger partial charge in [-0.1, -0.05) is 13.8 Å². The molecule has 2 aromatic rings. The van der Waals surface area contributed by atoms with E-state index in [9.17, 15) is 9.59 Å². The highest BCUT2D eigenvalue weighted by Gasteiger charge is 2.53. The van der Waals surface area contributed by atoms with Gasteiger partial charge in [0.25, 0.3) is 0 Å². The fourth-order valence-corrected chi connectivity index (χ4v) is 15.8. The summed E-state index contributed by atoms with van der Waals surface area (Å²) in [5.41, 5.74) is 2.18. The highest BCUT2D eigenvalue weighted by atomic mass is 32.2. The van der Waals surface area contributed by atoms with Gasteiger partial charge in [0.2, 0.25) is 0 Å². The van der Waals surface area contributed by atoms with E-state index in [0.29, 0.717) is 10.6 Å². The van der Waals surface area contributed by atoms with Crippen molar-refractivity contribution in [2.45, 2.75) is 39.8 Å². The Kier molecular flexibility index (Phi) is 6.46. The van der Waals surface area contributed by atoms with E-state index in [1.54, 1.807) is 22.7 Å². The summed E-state index contributed by atoms with van der Waals surface area (Å²) in [4.78, 5) is 26.0. The zero-order valence-corrected chi connectivity index (χ0v) is 21.9. The molecule has 3 aliphatic heterocycles. The van der Waals surface area contributed by atoms with Gasteiger partial charge < -0.3 is 18.6 Å². The van der Waals surface area contributed by atoms with E-state index >= 15 is 0 Å². The normalized spacial score (nSPS) is 18.9. The summed E-state index contributed by atoms with van der Waals surface area (Å²) in [6, 6.07) is 0. The maximum atomic E-state index is 13.0. The van der Waals surface area contributed by atoms with E-state index in [2.05, 4.69) is 23.0 Å². The van der Waals surface area contributed by atoms with Crippen LogP contribution in [0.25, 0.3) is 0 Å². The molecule has 0 saturated heterocycles. The van der Waals surface area contributed by atoms with Gasteiger partial charge in [0.15, 0.2) is 7.91 Å². The van der Waals surface area contributed by atoms with E-state index in [1.165, 1.54) is 14.2 Å². The third-order valence-corrected chi connectivity index (χ3v) is 14.6. The van der Waals surface area contributed by atoms with Crippen molar-refractivity contribution in [2.24, 2.45) is 0 Å². The minimum absolute atomic E-state index is 0.447. The van der Waals surface area contributed by atoms with E-state index in [0.717, 1.165) is 53.9 Å². The molecule has 12 heteroatoms. The first-order chi connectivity index (χ1) is 14.4. The number of methoxy groups -OCH3 is 2. The predicted octanol–water partition coefficient (Wildman–Crippen LogP) is 3.44. The number of carbonyl (C=O) groups excluding carboxylic acids is 2. The maximum Gasteiger partial charge on any atom is 0.340 e. The Labute approximate surface area is 195 Å². The average molecular weight is 519 g/mol. The molecule has 3 aliphatic rings. The van der Waals surface area contributed by atoms with Crippen molar-refractivity contribution < 1.29 is 19.1 Å². The second-order valence-electron chi connectivity index (χ2n) is 6.65. The third-order valence-electron chi connectivity index (χ3n) is 4.86. The van der Waals surface area contributed by atoms with Gasteiger partial charge in [-0.25, -0.2) is 9.59 Å². The summed E-state index contributed by atoms with van der Waals surface area (Å²) >= 11 is 14.5. The first-order valence-corrected chi connectivity index (χ1v) is 14.5. The smallest absolute Gasteiger partial charge is 0.340 e. The van der Waals surface area contributed by atoms with Crippen LogP contribution in [0.3, 0.4) is 0 Å². The van der Waals surface area contributed by atoms with Crippen molar-refractivity contribution in [3.05, 3.63) is 18.5 Å². The van der Waals surface area contributed by atoms with Crippen LogP contribution in [0.15, 0.2) is 10.6 Å². The molecule has 6 nitrogen and oxygen atoms in total. The van der Waals surface area contributed by atoms with E-state index in [1.807, 2.05) is 0 Å². The molecule has 5 rings (SSSR count). The van der Waals surface area contributed by atoms with Gasteiger partial charge in [0, 0.05) is 28.9 Å². The Hall–Kier alpha value is -0.760. The lowest BCUT2D eigenvalue weighted by Gasteiger charge is -2.38. The molecular formula is C18H20N2O4P2S4.